The van der Waals surface area contributed by atoms with Gasteiger partial charge in [-0.1, -0.05) is 141 Å². The third-order valence-corrected chi connectivity index (χ3v) is 8.53. The summed E-state index contributed by atoms with van der Waals surface area (Å²) in [6, 6.07) is 36.4. The van der Waals surface area contributed by atoms with Gasteiger partial charge in [0.25, 0.3) is 0 Å². The molecule has 0 bridgehead atoms. The van der Waals surface area contributed by atoms with Gasteiger partial charge in [0.2, 0.25) is 0 Å². The fourth-order valence-corrected chi connectivity index (χ4v) is 6.98. The molecule has 0 N–H and O–H groups in total. The van der Waals surface area contributed by atoms with Crippen LogP contribution in [0.3, 0.4) is 0 Å². The summed E-state index contributed by atoms with van der Waals surface area (Å²) < 4.78 is 0. The minimum Gasteiger partial charge on any atom is -1.00 e. The van der Waals surface area contributed by atoms with Crippen LogP contribution >= 0.6 is 0 Å². The molecular weight excluding hydrogens is 659 g/mol. The largest absolute Gasteiger partial charge is 3.00 e. The average Bonchev–Trinajstić information content (AvgIpc) is 3.68. The molecule has 0 aliphatic heterocycles. The fraction of sp³-hybridized carbons (Fsp3) is 0.154. The van der Waals surface area contributed by atoms with E-state index >= 15 is 0 Å². The Bertz CT molecular complexity index is 1970. The monoisotopic (exact) mass is 689 g/mol. The Labute approximate surface area is 289 Å². The molecule has 1 atom stereocenters. The fourth-order valence-electron chi connectivity index (χ4n) is 6.98. The summed E-state index contributed by atoms with van der Waals surface area (Å²) in [7, 11) is 1.08. The van der Waals surface area contributed by atoms with Crippen LogP contribution in [0.25, 0.3) is 61.7 Å². The molecule has 43 heavy (non-hydrogen) atoms. The van der Waals surface area contributed by atoms with Gasteiger partial charge >= 0.3 is 26.2 Å². The first kappa shape index (κ1) is 33.3. The molecule has 8 rings (SSSR count). The smallest absolute Gasteiger partial charge is 1.00 e. The van der Waals surface area contributed by atoms with Crippen LogP contribution in [0.15, 0.2) is 103 Å². The van der Waals surface area contributed by atoms with Gasteiger partial charge in [-0.3, -0.25) is 0 Å². The van der Waals surface area contributed by atoms with E-state index in [0.717, 1.165) is 22.4 Å². The van der Waals surface area contributed by atoms with E-state index in [9.17, 15) is 0 Å². The molecule has 1 unspecified atom stereocenters. The quantitative estimate of drug-likeness (QED) is 0.177. The second-order valence-corrected chi connectivity index (χ2v) is 12.1. The van der Waals surface area contributed by atoms with Crippen molar-refractivity contribution in [2.45, 2.75) is 38.8 Å². The molecule has 2 aliphatic carbocycles. The maximum Gasteiger partial charge on any atom is 3.00 e. The number of halogens is 2. The van der Waals surface area contributed by atoms with Crippen molar-refractivity contribution in [3.05, 3.63) is 130 Å². The molecule has 0 saturated carbocycles. The zero-order valence-electron chi connectivity index (χ0n) is 24.7. The van der Waals surface area contributed by atoms with Gasteiger partial charge in [0.05, 0.1) is 0 Å². The van der Waals surface area contributed by atoms with Gasteiger partial charge in [0.15, 0.2) is 0 Å². The van der Waals surface area contributed by atoms with Gasteiger partial charge in [0.1, 0.15) is 0 Å². The van der Waals surface area contributed by atoms with E-state index in [2.05, 4.69) is 135 Å². The first-order chi connectivity index (χ1) is 19.7. The molecule has 6 aromatic carbocycles. The Kier molecular flexibility index (Phi) is 10.8. The number of rotatable bonds is 4. The van der Waals surface area contributed by atoms with Crippen LogP contribution in [0.5, 0.6) is 0 Å². The Morgan fingerprint density at radius 2 is 1.33 bits per heavy atom. The Morgan fingerprint density at radius 3 is 2.12 bits per heavy atom. The van der Waals surface area contributed by atoms with Crippen LogP contribution in [-0.2, 0) is 26.2 Å². The maximum absolute atomic E-state index is 2.52. The van der Waals surface area contributed by atoms with E-state index in [1.165, 1.54) is 76.8 Å². The van der Waals surface area contributed by atoms with Crippen molar-refractivity contribution < 1.29 is 51.0 Å². The van der Waals surface area contributed by atoms with Crippen LogP contribution in [0.2, 0.25) is 13.1 Å². The molecule has 211 valence electrons. The van der Waals surface area contributed by atoms with Crippen LogP contribution in [-0.4, -0.2) is 9.52 Å². The molecule has 2 aliphatic rings. The van der Waals surface area contributed by atoms with Gasteiger partial charge in [0, 0.05) is 15.4 Å². The predicted octanol–water partition coefficient (Wildman–Crippen LogP) is 5.14. The zero-order chi connectivity index (χ0) is 27.2. The van der Waals surface area contributed by atoms with Gasteiger partial charge < -0.3 is 24.8 Å². The summed E-state index contributed by atoms with van der Waals surface area (Å²) in [5.41, 5.74) is 11.2. The summed E-state index contributed by atoms with van der Waals surface area (Å²) in [5.74, 6) is 0.300. The molecule has 4 heteroatoms. The van der Waals surface area contributed by atoms with Gasteiger partial charge in [-0.05, 0) is 50.6 Å². The minimum atomic E-state index is 0. The Hall–Kier alpha value is -2.61. The number of fused-ring (bicyclic) bond motifs is 4. The Balaban J connectivity index is 0.000000679. The normalized spacial score (nSPS) is 13.9. The van der Waals surface area contributed by atoms with E-state index in [1.54, 1.807) is 0 Å². The number of hydrogen-bond donors (Lipinski definition) is 0. The number of allylic oxidation sites excluding steroid dienone is 1. The maximum atomic E-state index is 2.52. The van der Waals surface area contributed by atoms with E-state index < -0.39 is 0 Å². The molecular formula is C39H33Cl2SiZr. The third-order valence-electron chi connectivity index (χ3n) is 8.53. The van der Waals surface area contributed by atoms with Crippen LogP contribution in [0, 0.1) is 0 Å². The van der Waals surface area contributed by atoms with E-state index in [-0.39, 0.29) is 51.0 Å². The van der Waals surface area contributed by atoms with E-state index in [4.69, 9.17) is 0 Å². The SMILES string of the molecule is CCCC1=Cc2c(-c3ccc4c5c(cccc35)C=C4)cccc2C1c1cccc2c1[cH-]c1ccccc12.C[Si]C.[Cl-].[Cl-].[Zr+3]. The first-order valence-corrected chi connectivity index (χ1v) is 16.5. The van der Waals surface area contributed by atoms with Crippen molar-refractivity contribution in [2.75, 3.05) is 0 Å². The standard InChI is InChI=1S/C37H27.C2H6Si.2ClH.Zr/c1-2-8-26-22-35-29(30-20-19-24-18-17-23-10-5-14-31(30)36(23)24)13-7-16-33(35)37(26)32-15-6-12-28-27-11-4-3-9-25(27)21-34(28)32;1-3-2;;;/h3-7,9-22,37H,2,8H2,1H3;1-2H3;2*1H;/q-1;;;;+3/p-2. The molecule has 0 spiro atoms. The summed E-state index contributed by atoms with van der Waals surface area (Å²) in [6.07, 6.45) is 9.27. The number of benzene rings is 5. The second-order valence-electron chi connectivity index (χ2n) is 11.1. The summed E-state index contributed by atoms with van der Waals surface area (Å²) in [6.45, 7) is 6.61. The molecule has 0 amide bonds. The van der Waals surface area contributed by atoms with Crippen molar-refractivity contribution in [1.82, 2.24) is 0 Å². The van der Waals surface area contributed by atoms with Crippen molar-refractivity contribution in [2.24, 2.45) is 0 Å². The van der Waals surface area contributed by atoms with E-state index in [1.807, 2.05) is 0 Å². The topological polar surface area (TPSA) is 0 Å². The average molecular weight is 692 g/mol. The number of hydrogen-bond acceptors (Lipinski definition) is 0. The molecule has 0 aromatic heterocycles. The summed E-state index contributed by atoms with van der Waals surface area (Å²) >= 11 is 0. The predicted molar refractivity (Wildman–Crippen MR) is 178 cm³/mol. The minimum absolute atomic E-state index is 0. The van der Waals surface area contributed by atoms with Gasteiger partial charge in [-0.25, -0.2) is 0 Å². The zero-order valence-corrected chi connectivity index (χ0v) is 29.7. The molecule has 0 saturated heterocycles. The third kappa shape index (κ3) is 5.57. The van der Waals surface area contributed by atoms with Crippen LogP contribution < -0.4 is 24.8 Å². The van der Waals surface area contributed by atoms with Crippen LogP contribution in [0.1, 0.15) is 53.5 Å². The van der Waals surface area contributed by atoms with Crippen molar-refractivity contribution in [3.63, 3.8) is 0 Å². The Morgan fingerprint density at radius 1 is 0.674 bits per heavy atom. The van der Waals surface area contributed by atoms with Crippen molar-refractivity contribution in [1.29, 1.82) is 0 Å². The summed E-state index contributed by atoms with van der Waals surface area (Å²) in [4.78, 5) is 0. The van der Waals surface area contributed by atoms with Crippen molar-refractivity contribution >= 4 is 60.1 Å². The molecule has 3 radical (unpaired) electrons. The van der Waals surface area contributed by atoms with Gasteiger partial charge in [-0.15, -0.1) is 33.7 Å². The summed E-state index contributed by atoms with van der Waals surface area (Å²) in [5, 5.41) is 8.19. The molecule has 0 heterocycles. The molecule has 0 fully saturated rings. The first-order valence-electron chi connectivity index (χ1n) is 14.5. The van der Waals surface area contributed by atoms with Crippen LogP contribution in [0.4, 0.5) is 0 Å². The second kappa shape index (κ2) is 14.0. The molecule has 0 nitrogen and oxygen atoms in total. The van der Waals surface area contributed by atoms with E-state index in [0.29, 0.717) is 5.92 Å². The van der Waals surface area contributed by atoms with Gasteiger partial charge in [-0.2, -0.15) is 0 Å². The van der Waals surface area contributed by atoms with Crippen molar-refractivity contribution in [3.8, 4) is 11.1 Å². The molecule has 6 aromatic rings.